The van der Waals surface area contributed by atoms with E-state index in [0.29, 0.717) is 6.42 Å². The minimum atomic E-state index is -0.762. The molecule has 4 nitrogen and oxygen atoms in total. The Morgan fingerprint density at radius 1 is 1.32 bits per heavy atom. The summed E-state index contributed by atoms with van der Waals surface area (Å²) in [6, 6.07) is 0. The third-order valence-electron chi connectivity index (χ3n) is 5.23. The van der Waals surface area contributed by atoms with Crippen molar-refractivity contribution >= 4 is 5.97 Å². The third-order valence-corrected chi connectivity index (χ3v) is 5.23. The van der Waals surface area contributed by atoms with Gasteiger partial charge < -0.3 is 15.3 Å². The van der Waals surface area contributed by atoms with Gasteiger partial charge in [-0.2, -0.15) is 0 Å². The Kier molecular flexibility index (Phi) is 4.85. The maximum absolute atomic E-state index is 11.2. The van der Waals surface area contributed by atoms with Crippen LogP contribution in [0.15, 0.2) is 0 Å². The molecule has 2 rings (SSSR count). The van der Waals surface area contributed by atoms with E-state index < -0.39 is 11.5 Å². The van der Waals surface area contributed by atoms with E-state index in [1.165, 1.54) is 32.4 Å². The molecular weight excluding hydrogens is 240 g/mol. The van der Waals surface area contributed by atoms with Crippen molar-refractivity contribution < 1.29 is 9.90 Å². The van der Waals surface area contributed by atoms with Crippen molar-refractivity contribution in [1.29, 1.82) is 0 Å². The molecule has 110 valence electrons. The quantitative estimate of drug-likeness (QED) is 0.693. The van der Waals surface area contributed by atoms with Gasteiger partial charge in [-0.1, -0.05) is 6.42 Å². The number of carbonyl (C=O) groups is 1. The highest BCUT2D eigenvalue weighted by Crippen LogP contribution is 2.37. The molecule has 0 bridgehead atoms. The first-order valence-corrected chi connectivity index (χ1v) is 7.70. The van der Waals surface area contributed by atoms with E-state index >= 15 is 0 Å². The Balaban J connectivity index is 1.63. The summed E-state index contributed by atoms with van der Waals surface area (Å²) in [5.74, 6) is 1.17. The fourth-order valence-corrected chi connectivity index (χ4v) is 3.67. The van der Waals surface area contributed by atoms with Gasteiger partial charge in [0.25, 0.3) is 0 Å². The van der Waals surface area contributed by atoms with Gasteiger partial charge in [0.15, 0.2) is 0 Å². The Morgan fingerprint density at radius 3 is 2.47 bits per heavy atom. The molecule has 3 unspecified atom stereocenters. The van der Waals surface area contributed by atoms with Crippen LogP contribution < -0.4 is 5.32 Å². The van der Waals surface area contributed by atoms with Crippen LogP contribution in [0.25, 0.3) is 0 Å². The van der Waals surface area contributed by atoms with Gasteiger partial charge in [0.1, 0.15) is 5.54 Å². The van der Waals surface area contributed by atoms with Crippen molar-refractivity contribution in [3.8, 4) is 0 Å². The molecule has 1 aliphatic carbocycles. The molecule has 4 heteroatoms. The normalized spacial score (nSPS) is 30.2. The fourth-order valence-electron chi connectivity index (χ4n) is 3.67. The summed E-state index contributed by atoms with van der Waals surface area (Å²) >= 11 is 0. The van der Waals surface area contributed by atoms with Crippen molar-refractivity contribution in [3.63, 3.8) is 0 Å². The lowest BCUT2D eigenvalue weighted by atomic mass is 9.95. The number of nitrogens with one attached hydrogen (secondary N) is 1. The lowest BCUT2D eigenvalue weighted by Crippen LogP contribution is -2.47. The number of hydrogen-bond donors (Lipinski definition) is 2. The zero-order valence-corrected chi connectivity index (χ0v) is 12.3. The first kappa shape index (κ1) is 14.8. The van der Waals surface area contributed by atoms with Gasteiger partial charge in [0.2, 0.25) is 0 Å². The third kappa shape index (κ3) is 3.48. The molecule has 1 saturated heterocycles. The Bertz CT molecular complexity index is 309. The summed E-state index contributed by atoms with van der Waals surface area (Å²) in [4.78, 5) is 13.8. The second-order valence-electron chi connectivity index (χ2n) is 6.56. The van der Waals surface area contributed by atoms with E-state index in [0.717, 1.165) is 31.2 Å². The molecule has 3 atom stereocenters. The Morgan fingerprint density at radius 2 is 1.95 bits per heavy atom. The van der Waals surface area contributed by atoms with Crippen molar-refractivity contribution in [2.24, 2.45) is 11.8 Å². The van der Waals surface area contributed by atoms with Gasteiger partial charge in [-0.05, 0) is 64.5 Å². The molecule has 0 aromatic heterocycles. The molecular formula is C15H28N2O2. The zero-order chi connectivity index (χ0) is 13.9. The summed E-state index contributed by atoms with van der Waals surface area (Å²) in [5.41, 5.74) is -0.762. The first-order valence-electron chi connectivity index (χ1n) is 7.70. The smallest absolute Gasteiger partial charge is 0.323 e. The highest BCUT2D eigenvalue weighted by molar-refractivity contribution is 5.78. The molecule has 0 aromatic carbocycles. The Labute approximate surface area is 116 Å². The topological polar surface area (TPSA) is 52.6 Å². The number of carboxylic acid groups (broad SMARTS) is 1. The predicted molar refractivity (Wildman–Crippen MR) is 76.2 cm³/mol. The molecule has 0 amide bonds. The number of carboxylic acids is 1. The second-order valence-corrected chi connectivity index (χ2v) is 6.56. The van der Waals surface area contributed by atoms with E-state index in [1.54, 1.807) is 14.0 Å². The van der Waals surface area contributed by atoms with Gasteiger partial charge in [0.05, 0.1) is 0 Å². The highest BCUT2D eigenvalue weighted by atomic mass is 16.4. The molecule has 0 spiro atoms. The Hall–Kier alpha value is -0.610. The molecule has 0 radical (unpaired) electrons. The number of nitrogens with zero attached hydrogens (tertiary/aromatic N) is 1. The predicted octanol–water partition coefficient (Wildman–Crippen LogP) is 1.95. The lowest BCUT2D eigenvalue weighted by molar-refractivity contribution is -0.144. The minimum Gasteiger partial charge on any atom is -0.480 e. The zero-order valence-electron chi connectivity index (χ0n) is 12.3. The molecule has 1 saturated carbocycles. The standard InChI is InChI=1S/C15H28N2O2/c1-15(16-2,14(18)19)8-3-4-9-17-10-12-6-5-7-13(12)11-17/h12-13,16H,3-11H2,1-2H3,(H,18,19). The summed E-state index contributed by atoms with van der Waals surface area (Å²) in [6.45, 7) is 5.49. The van der Waals surface area contributed by atoms with Crippen LogP contribution in [0.3, 0.4) is 0 Å². The highest BCUT2D eigenvalue weighted by Gasteiger charge is 2.35. The van der Waals surface area contributed by atoms with E-state index in [9.17, 15) is 9.90 Å². The van der Waals surface area contributed by atoms with Crippen LogP contribution in [0, 0.1) is 11.8 Å². The monoisotopic (exact) mass is 268 g/mol. The molecule has 1 heterocycles. The number of aliphatic carboxylic acids is 1. The van der Waals surface area contributed by atoms with Crippen LogP contribution in [0.4, 0.5) is 0 Å². The van der Waals surface area contributed by atoms with E-state index in [-0.39, 0.29) is 0 Å². The molecule has 0 aromatic rings. The number of likely N-dealkylation sites (tertiary alicyclic amines) is 1. The van der Waals surface area contributed by atoms with Crippen LogP contribution in [0.5, 0.6) is 0 Å². The second kappa shape index (κ2) is 6.23. The maximum Gasteiger partial charge on any atom is 0.323 e. The first-order chi connectivity index (χ1) is 9.05. The molecule has 1 aliphatic heterocycles. The number of fused-ring (bicyclic) bond motifs is 1. The average Bonchev–Trinajstić information content (AvgIpc) is 2.94. The molecule has 2 fully saturated rings. The number of unbranched alkanes of at least 4 members (excludes halogenated alkanes) is 1. The fraction of sp³-hybridized carbons (Fsp3) is 0.933. The van der Waals surface area contributed by atoms with Crippen molar-refractivity contribution in [2.45, 2.75) is 51.0 Å². The molecule has 2 N–H and O–H groups in total. The number of hydrogen-bond acceptors (Lipinski definition) is 3. The van der Waals surface area contributed by atoms with Crippen LogP contribution >= 0.6 is 0 Å². The summed E-state index contributed by atoms with van der Waals surface area (Å²) in [7, 11) is 1.73. The van der Waals surface area contributed by atoms with Crippen LogP contribution in [-0.2, 0) is 4.79 Å². The van der Waals surface area contributed by atoms with Gasteiger partial charge in [-0.3, -0.25) is 4.79 Å². The van der Waals surface area contributed by atoms with Gasteiger partial charge >= 0.3 is 5.97 Å². The van der Waals surface area contributed by atoms with Crippen molar-refractivity contribution in [3.05, 3.63) is 0 Å². The van der Waals surface area contributed by atoms with E-state index in [1.807, 2.05) is 0 Å². The van der Waals surface area contributed by atoms with Crippen molar-refractivity contribution in [2.75, 3.05) is 26.7 Å². The average molecular weight is 268 g/mol. The summed E-state index contributed by atoms with van der Waals surface area (Å²) < 4.78 is 0. The summed E-state index contributed by atoms with van der Waals surface area (Å²) in [5, 5.41) is 12.1. The van der Waals surface area contributed by atoms with Crippen LogP contribution in [0.1, 0.15) is 45.4 Å². The molecule has 2 aliphatic rings. The van der Waals surface area contributed by atoms with E-state index in [4.69, 9.17) is 0 Å². The number of rotatable bonds is 7. The van der Waals surface area contributed by atoms with E-state index in [2.05, 4.69) is 10.2 Å². The van der Waals surface area contributed by atoms with Crippen LogP contribution in [-0.4, -0.2) is 48.2 Å². The van der Waals surface area contributed by atoms with Gasteiger partial charge in [0, 0.05) is 13.1 Å². The minimum absolute atomic E-state index is 0.708. The summed E-state index contributed by atoms with van der Waals surface area (Å²) in [6.07, 6.45) is 7.09. The lowest BCUT2D eigenvalue weighted by Gasteiger charge is -2.24. The molecule has 19 heavy (non-hydrogen) atoms. The number of likely N-dealkylation sites (N-methyl/N-ethyl adjacent to an activating group) is 1. The largest absolute Gasteiger partial charge is 0.480 e. The van der Waals surface area contributed by atoms with Crippen molar-refractivity contribution in [1.82, 2.24) is 10.2 Å². The van der Waals surface area contributed by atoms with Gasteiger partial charge in [-0.25, -0.2) is 0 Å². The SMILES string of the molecule is CNC(C)(CCCCN1CC2CCCC2C1)C(=O)O. The van der Waals surface area contributed by atoms with Crippen LogP contribution in [0.2, 0.25) is 0 Å². The maximum atomic E-state index is 11.2. The van der Waals surface area contributed by atoms with Gasteiger partial charge in [-0.15, -0.1) is 0 Å².